The molecule has 0 aliphatic rings. The van der Waals surface area contributed by atoms with Gasteiger partial charge in [0.15, 0.2) is 0 Å². The Morgan fingerprint density at radius 3 is 1.00 bits per heavy atom. The van der Waals surface area contributed by atoms with Gasteiger partial charge in [0, 0.05) is 17.1 Å². The van der Waals surface area contributed by atoms with E-state index in [4.69, 9.17) is 30.0 Å². The van der Waals surface area contributed by atoms with E-state index in [1.807, 2.05) is 0 Å². The molecule has 0 aliphatic carbocycles. The van der Waals surface area contributed by atoms with Crippen LogP contribution in [-0.4, -0.2) is 45.6 Å². The number of aliphatic hydroxyl groups is 2. The minimum Gasteiger partial charge on any atom is -0.480 e. The number of carboxylic acids is 2. The summed E-state index contributed by atoms with van der Waals surface area (Å²) in [6.45, 7) is -1.56. The van der Waals surface area contributed by atoms with Crippen LogP contribution in [0.25, 0.3) is 0 Å². The summed E-state index contributed by atoms with van der Waals surface area (Å²) < 4.78 is 0. The Morgan fingerprint density at radius 2 is 1.00 bits per heavy atom. The molecule has 0 aromatic heterocycles. The Kier molecular flexibility index (Phi) is 18.4. The Hall–Kier alpha value is -0.621. The van der Waals surface area contributed by atoms with Crippen molar-refractivity contribution in [3.05, 3.63) is 0 Å². The summed E-state index contributed by atoms with van der Waals surface area (Å²) in [6, 6.07) is 0. The van der Waals surface area contributed by atoms with Crippen molar-refractivity contribution in [2.24, 2.45) is 0 Å². The van der Waals surface area contributed by atoms with Crippen LogP contribution < -0.4 is 0 Å². The molecule has 67 valence electrons. The van der Waals surface area contributed by atoms with E-state index in [1.165, 1.54) is 0 Å². The SMILES string of the molecule is O=C(O)CO.O=C(O)CO.[Mn]. The molecule has 0 spiro atoms. The first-order valence-electron chi connectivity index (χ1n) is 2.20. The second kappa shape index (κ2) is 12.1. The van der Waals surface area contributed by atoms with E-state index in [0.29, 0.717) is 0 Å². The number of carbonyl (C=O) groups is 2. The third-order valence-electron chi connectivity index (χ3n) is 0.271. The zero-order valence-electron chi connectivity index (χ0n) is 5.40. The van der Waals surface area contributed by atoms with E-state index in [1.54, 1.807) is 0 Å². The van der Waals surface area contributed by atoms with E-state index in [-0.39, 0.29) is 17.1 Å². The van der Waals surface area contributed by atoms with Crippen molar-refractivity contribution in [3.8, 4) is 0 Å². The van der Waals surface area contributed by atoms with Gasteiger partial charge in [-0.1, -0.05) is 0 Å². The monoisotopic (exact) mass is 207 g/mol. The molecule has 0 aromatic rings. The predicted octanol–water partition coefficient (Wildman–Crippen LogP) is -1.88. The fourth-order valence-corrected chi connectivity index (χ4v) is 0. The summed E-state index contributed by atoms with van der Waals surface area (Å²) in [7, 11) is 0. The Balaban J connectivity index is -0.000000107. The van der Waals surface area contributed by atoms with E-state index >= 15 is 0 Å². The van der Waals surface area contributed by atoms with Crippen LogP contribution >= 0.6 is 0 Å². The van der Waals surface area contributed by atoms with E-state index in [9.17, 15) is 0 Å². The topological polar surface area (TPSA) is 115 Å². The molecule has 6 nitrogen and oxygen atoms in total. The van der Waals surface area contributed by atoms with Crippen LogP contribution in [-0.2, 0) is 26.7 Å². The summed E-state index contributed by atoms with van der Waals surface area (Å²) in [5, 5.41) is 30.0. The van der Waals surface area contributed by atoms with Gasteiger partial charge in [-0.3, -0.25) is 0 Å². The Bertz CT molecular complexity index is 99.1. The van der Waals surface area contributed by atoms with Crippen LogP contribution in [0.2, 0.25) is 0 Å². The first-order chi connectivity index (χ1) is 4.54. The molecular weight excluding hydrogens is 199 g/mol. The number of hydrogen-bond acceptors (Lipinski definition) is 4. The van der Waals surface area contributed by atoms with Gasteiger partial charge in [0.2, 0.25) is 0 Å². The largest absolute Gasteiger partial charge is 0.480 e. The number of rotatable bonds is 2. The molecule has 0 atom stereocenters. The Labute approximate surface area is 72.9 Å². The number of hydrogen-bond donors (Lipinski definition) is 4. The van der Waals surface area contributed by atoms with Gasteiger partial charge in [-0.15, -0.1) is 0 Å². The maximum atomic E-state index is 9.12. The number of aliphatic hydroxyl groups excluding tert-OH is 2. The standard InChI is InChI=1S/2C2H4O3.Mn/c2*3-1-2(4)5;/h2*3H,1H2,(H,4,5);. The van der Waals surface area contributed by atoms with Crippen molar-refractivity contribution in [1.29, 1.82) is 0 Å². The maximum absolute atomic E-state index is 9.12. The summed E-state index contributed by atoms with van der Waals surface area (Å²) in [5.41, 5.74) is 0. The molecule has 0 heterocycles. The van der Waals surface area contributed by atoms with Gasteiger partial charge in [0.25, 0.3) is 0 Å². The number of aliphatic carboxylic acids is 2. The molecule has 0 bridgehead atoms. The molecule has 0 saturated carbocycles. The third kappa shape index (κ3) is 44.7. The smallest absolute Gasteiger partial charge is 0.329 e. The minimum absolute atomic E-state index is 0. The summed E-state index contributed by atoms with van der Waals surface area (Å²) in [5.74, 6) is -2.38. The second-order valence-corrected chi connectivity index (χ2v) is 1.10. The molecule has 0 aromatic carbocycles. The van der Waals surface area contributed by atoms with Gasteiger partial charge in [-0.25, -0.2) is 9.59 Å². The van der Waals surface area contributed by atoms with Crippen molar-refractivity contribution in [2.45, 2.75) is 0 Å². The zero-order valence-corrected chi connectivity index (χ0v) is 6.58. The molecule has 0 fully saturated rings. The fraction of sp³-hybridized carbons (Fsp3) is 0.500. The molecule has 0 unspecified atom stereocenters. The van der Waals surface area contributed by atoms with Gasteiger partial charge in [0.1, 0.15) is 13.2 Å². The van der Waals surface area contributed by atoms with Crippen LogP contribution in [0.5, 0.6) is 0 Å². The summed E-state index contributed by atoms with van der Waals surface area (Å²) in [4.78, 5) is 18.2. The molecule has 0 rings (SSSR count). The molecule has 7 heteroatoms. The molecule has 0 amide bonds. The van der Waals surface area contributed by atoms with Crippen LogP contribution in [0.15, 0.2) is 0 Å². The van der Waals surface area contributed by atoms with E-state index in [0.717, 1.165) is 0 Å². The van der Waals surface area contributed by atoms with Gasteiger partial charge < -0.3 is 20.4 Å². The zero-order chi connectivity index (χ0) is 8.57. The third-order valence-corrected chi connectivity index (χ3v) is 0.271. The van der Waals surface area contributed by atoms with Gasteiger partial charge >= 0.3 is 11.9 Å². The van der Waals surface area contributed by atoms with E-state index < -0.39 is 25.2 Å². The molecule has 11 heavy (non-hydrogen) atoms. The van der Waals surface area contributed by atoms with Crippen molar-refractivity contribution in [2.75, 3.05) is 13.2 Å². The van der Waals surface area contributed by atoms with Crippen molar-refractivity contribution in [3.63, 3.8) is 0 Å². The normalized spacial score (nSPS) is 6.73. The van der Waals surface area contributed by atoms with Crippen LogP contribution in [0.4, 0.5) is 0 Å². The van der Waals surface area contributed by atoms with Crippen LogP contribution in [0.3, 0.4) is 0 Å². The average molecular weight is 207 g/mol. The van der Waals surface area contributed by atoms with Crippen molar-refractivity contribution < 1.29 is 47.1 Å². The molecule has 0 saturated heterocycles. The molecule has 1 radical (unpaired) electrons. The maximum Gasteiger partial charge on any atom is 0.329 e. The Morgan fingerprint density at radius 1 is 0.909 bits per heavy atom. The fourth-order valence-electron chi connectivity index (χ4n) is 0. The molecule has 4 N–H and O–H groups in total. The number of carboxylic acid groups (broad SMARTS) is 2. The average Bonchev–Trinajstić information content (AvgIpc) is 1.89. The predicted molar refractivity (Wildman–Crippen MR) is 29.4 cm³/mol. The van der Waals surface area contributed by atoms with Gasteiger partial charge in [-0.05, 0) is 0 Å². The second-order valence-electron chi connectivity index (χ2n) is 1.10. The van der Waals surface area contributed by atoms with Crippen molar-refractivity contribution in [1.82, 2.24) is 0 Å². The van der Waals surface area contributed by atoms with Gasteiger partial charge in [0.05, 0.1) is 0 Å². The quantitative estimate of drug-likeness (QED) is 0.394. The summed E-state index contributed by atoms with van der Waals surface area (Å²) in [6.07, 6.45) is 0. The van der Waals surface area contributed by atoms with Crippen LogP contribution in [0.1, 0.15) is 0 Å². The van der Waals surface area contributed by atoms with Crippen molar-refractivity contribution >= 4 is 11.9 Å². The first kappa shape index (κ1) is 16.8. The first-order valence-corrected chi connectivity index (χ1v) is 2.20. The summed E-state index contributed by atoms with van der Waals surface area (Å²) >= 11 is 0. The van der Waals surface area contributed by atoms with E-state index in [2.05, 4.69) is 0 Å². The van der Waals surface area contributed by atoms with Crippen LogP contribution in [0, 0.1) is 0 Å². The van der Waals surface area contributed by atoms with Gasteiger partial charge in [-0.2, -0.15) is 0 Å². The molecular formula is C4H8MnO6. The minimum atomic E-state index is -1.19. The molecule has 0 aliphatic heterocycles.